The molecule has 144 valence electrons. The minimum absolute atomic E-state index is 0.0243. The molecule has 3 rings (SSSR count). The van der Waals surface area contributed by atoms with Gasteiger partial charge in [0.05, 0.1) is 6.10 Å². The summed E-state index contributed by atoms with van der Waals surface area (Å²) in [6.07, 6.45) is 3.21. The van der Waals surface area contributed by atoms with Crippen LogP contribution >= 0.6 is 0 Å². The lowest BCUT2D eigenvalue weighted by Gasteiger charge is -2.34. The molecule has 5 nitrogen and oxygen atoms in total. The van der Waals surface area contributed by atoms with Crippen molar-refractivity contribution in [3.8, 4) is 0 Å². The summed E-state index contributed by atoms with van der Waals surface area (Å²) in [4.78, 5) is 13.1. The van der Waals surface area contributed by atoms with Gasteiger partial charge in [0, 0.05) is 19.6 Å². The molecule has 3 N–H and O–H groups in total. The van der Waals surface area contributed by atoms with Crippen LogP contribution in [0.25, 0.3) is 0 Å². The Morgan fingerprint density at radius 1 is 1.04 bits per heavy atom. The zero-order chi connectivity index (χ0) is 18.9. The van der Waals surface area contributed by atoms with Gasteiger partial charge in [-0.1, -0.05) is 60.7 Å². The molecule has 1 saturated heterocycles. The third-order valence-corrected chi connectivity index (χ3v) is 5.02. The van der Waals surface area contributed by atoms with Crippen molar-refractivity contribution in [2.24, 2.45) is 5.73 Å². The second-order valence-electron chi connectivity index (χ2n) is 7.02. The Bertz CT molecular complexity index is 646. The first-order chi connectivity index (χ1) is 13.2. The summed E-state index contributed by atoms with van der Waals surface area (Å²) in [5, 5.41) is 2.64. The number of primary amides is 1. The molecule has 27 heavy (non-hydrogen) atoms. The number of likely N-dealkylation sites (tertiary alicyclic amines) is 1. The van der Waals surface area contributed by atoms with Crippen LogP contribution in [0.3, 0.4) is 0 Å². The van der Waals surface area contributed by atoms with Crippen molar-refractivity contribution in [2.75, 3.05) is 26.2 Å². The summed E-state index contributed by atoms with van der Waals surface area (Å²) < 4.78 is 6.57. The van der Waals surface area contributed by atoms with Crippen LogP contribution in [0.1, 0.15) is 36.5 Å². The SMILES string of the molecule is NC(=O)NCCCN1CCC(OC(c2ccccc2)c2ccccc2)CC1. The lowest BCUT2D eigenvalue weighted by Crippen LogP contribution is -2.39. The molecule has 0 bridgehead atoms. The van der Waals surface area contributed by atoms with Crippen molar-refractivity contribution in [1.82, 2.24) is 10.2 Å². The molecule has 5 heteroatoms. The summed E-state index contributed by atoms with van der Waals surface area (Å²) in [5.41, 5.74) is 7.49. The van der Waals surface area contributed by atoms with E-state index in [1.807, 2.05) is 12.1 Å². The minimum atomic E-state index is -0.449. The molecule has 1 heterocycles. The van der Waals surface area contributed by atoms with Crippen LogP contribution in [0.2, 0.25) is 0 Å². The molecule has 0 aliphatic carbocycles. The highest BCUT2D eigenvalue weighted by molar-refractivity contribution is 5.71. The average molecular weight is 367 g/mol. The van der Waals surface area contributed by atoms with Crippen LogP contribution in [0, 0.1) is 0 Å². The van der Waals surface area contributed by atoms with E-state index in [2.05, 4.69) is 58.7 Å². The quantitative estimate of drug-likeness (QED) is 0.704. The molecular weight excluding hydrogens is 338 g/mol. The van der Waals surface area contributed by atoms with Crippen molar-refractivity contribution in [3.63, 3.8) is 0 Å². The molecule has 2 amide bonds. The Labute approximate surface area is 161 Å². The highest BCUT2D eigenvalue weighted by Gasteiger charge is 2.24. The standard InChI is InChI=1S/C22H29N3O2/c23-22(26)24-14-7-15-25-16-12-20(13-17-25)27-21(18-8-3-1-4-9-18)19-10-5-2-6-11-19/h1-6,8-11,20-21H,7,12-17H2,(H3,23,24,26). The van der Waals surface area contributed by atoms with Crippen LogP contribution in [0.4, 0.5) is 4.79 Å². The van der Waals surface area contributed by atoms with Gasteiger partial charge in [0.2, 0.25) is 0 Å². The maximum Gasteiger partial charge on any atom is 0.312 e. The first-order valence-corrected chi connectivity index (χ1v) is 9.73. The number of nitrogens with two attached hydrogens (primary N) is 1. The first-order valence-electron chi connectivity index (χ1n) is 9.73. The lowest BCUT2D eigenvalue weighted by molar-refractivity contribution is -0.0269. The fraction of sp³-hybridized carbons (Fsp3) is 0.409. The normalized spacial score (nSPS) is 15.7. The number of amides is 2. The Morgan fingerprint density at radius 3 is 2.11 bits per heavy atom. The molecule has 2 aromatic carbocycles. The molecular formula is C22H29N3O2. The highest BCUT2D eigenvalue weighted by atomic mass is 16.5. The number of carbonyl (C=O) groups is 1. The van der Waals surface area contributed by atoms with E-state index in [1.54, 1.807) is 0 Å². The second kappa shape index (κ2) is 10.1. The van der Waals surface area contributed by atoms with Crippen molar-refractivity contribution in [3.05, 3.63) is 71.8 Å². The third-order valence-electron chi connectivity index (χ3n) is 5.02. The van der Waals surface area contributed by atoms with Crippen molar-refractivity contribution in [1.29, 1.82) is 0 Å². The number of benzene rings is 2. The van der Waals surface area contributed by atoms with Gasteiger partial charge in [-0.05, 0) is 36.9 Å². The van der Waals surface area contributed by atoms with Gasteiger partial charge in [-0.2, -0.15) is 0 Å². The summed E-state index contributed by atoms with van der Waals surface area (Å²) in [5.74, 6) is 0. The van der Waals surface area contributed by atoms with E-state index in [4.69, 9.17) is 10.5 Å². The topological polar surface area (TPSA) is 67.6 Å². The summed E-state index contributed by atoms with van der Waals surface area (Å²) in [7, 11) is 0. The van der Waals surface area contributed by atoms with E-state index < -0.39 is 6.03 Å². The lowest BCUT2D eigenvalue weighted by atomic mass is 10.00. The maximum absolute atomic E-state index is 10.7. The molecule has 0 atom stereocenters. The van der Waals surface area contributed by atoms with Crippen LogP contribution in [0.15, 0.2) is 60.7 Å². The minimum Gasteiger partial charge on any atom is -0.365 e. The number of urea groups is 1. The Morgan fingerprint density at radius 2 is 1.59 bits per heavy atom. The van der Waals surface area contributed by atoms with Gasteiger partial charge in [0.15, 0.2) is 0 Å². The molecule has 0 radical (unpaired) electrons. The number of piperidine rings is 1. The zero-order valence-corrected chi connectivity index (χ0v) is 15.7. The summed E-state index contributed by atoms with van der Waals surface area (Å²) in [6.45, 7) is 3.67. The van der Waals surface area contributed by atoms with Gasteiger partial charge in [-0.15, -0.1) is 0 Å². The molecule has 1 aliphatic heterocycles. The predicted molar refractivity (Wildman–Crippen MR) is 107 cm³/mol. The van der Waals surface area contributed by atoms with Gasteiger partial charge in [-0.25, -0.2) is 4.79 Å². The van der Waals surface area contributed by atoms with E-state index in [1.165, 1.54) is 11.1 Å². The molecule has 0 saturated carbocycles. The molecule has 0 unspecified atom stereocenters. The van der Waals surface area contributed by atoms with E-state index in [0.29, 0.717) is 6.54 Å². The van der Waals surface area contributed by atoms with Gasteiger partial charge in [-0.3, -0.25) is 0 Å². The molecule has 1 fully saturated rings. The molecule has 1 aliphatic rings. The Hall–Kier alpha value is -2.37. The number of rotatable bonds is 8. The van der Waals surface area contributed by atoms with Gasteiger partial charge >= 0.3 is 6.03 Å². The number of carbonyl (C=O) groups excluding carboxylic acids is 1. The second-order valence-corrected chi connectivity index (χ2v) is 7.02. The third kappa shape index (κ3) is 6.08. The number of nitrogens with zero attached hydrogens (tertiary/aromatic N) is 1. The Balaban J connectivity index is 1.53. The van der Waals surface area contributed by atoms with Gasteiger partial charge in [0.1, 0.15) is 6.10 Å². The predicted octanol–water partition coefficient (Wildman–Crippen LogP) is 3.32. The van der Waals surface area contributed by atoms with E-state index >= 15 is 0 Å². The fourth-order valence-corrected chi connectivity index (χ4v) is 3.58. The van der Waals surface area contributed by atoms with Crippen LogP contribution in [-0.2, 0) is 4.74 Å². The van der Waals surface area contributed by atoms with Crippen molar-refractivity contribution >= 4 is 6.03 Å². The largest absolute Gasteiger partial charge is 0.365 e. The van der Waals surface area contributed by atoms with E-state index in [9.17, 15) is 4.79 Å². The summed E-state index contributed by atoms with van der Waals surface area (Å²) in [6, 6.07) is 20.4. The van der Waals surface area contributed by atoms with Crippen LogP contribution in [-0.4, -0.2) is 43.2 Å². The average Bonchev–Trinajstić information content (AvgIpc) is 2.71. The molecule has 0 aromatic heterocycles. The smallest absolute Gasteiger partial charge is 0.312 e. The maximum atomic E-state index is 10.7. The monoisotopic (exact) mass is 367 g/mol. The zero-order valence-electron chi connectivity index (χ0n) is 15.7. The molecule has 0 spiro atoms. The molecule has 2 aromatic rings. The van der Waals surface area contributed by atoms with Crippen molar-refractivity contribution in [2.45, 2.75) is 31.5 Å². The van der Waals surface area contributed by atoms with Crippen LogP contribution < -0.4 is 11.1 Å². The Kier molecular flexibility index (Phi) is 7.25. The number of ether oxygens (including phenoxy) is 1. The fourth-order valence-electron chi connectivity index (χ4n) is 3.58. The van der Waals surface area contributed by atoms with Crippen molar-refractivity contribution < 1.29 is 9.53 Å². The summed E-state index contributed by atoms with van der Waals surface area (Å²) >= 11 is 0. The van der Waals surface area contributed by atoms with Gasteiger partial charge in [0.25, 0.3) is 0 Å². The van der Waals surface area contributed by atoms with E-state index in [0.717, 1.165) is 38.9 Å². The van der Waals surface area contributed by atoms with E-state index in [-0.39, 0.29) is 12.2 Å². The number of hydrogen-bond acceptors (Lipinski definition) is 3. The number of hydrogen-bond donors (Lipinski definition) is 2. The highest BCUT2D eigenvalue weighted by Crippen LogP contribution is 2.29. The number of nitrogens with one attached hydrogen (secondary N) is 1. The van der Waals surface area contributed by atoms with Gasteiger partial charge < -0.3 is 20.7 Å². The van der Waals surface area contributed by atoms with Crippen LogP contribution in [0.5, 0.6) is 0 Å². The first kappa shape index (κ1) is 19.4.